The number of nitrogens with two attached hydrogens (primary N) is 1. The van der Waals surface area contributed by atoms with Gasteiger partial charge in [-0.2, -0.15) is 0 Å². The molecule has 0 aliphatic heterocycles. The van der Waals surface area contributed by atoms with Crippen LogP contribution in [0.4, 0.5) is 16.2 Å². The molecule has 0 aliphatic carbocycles. The number of nitrogens with zero attached hydrogens (tertiary/aromatic N) is 2. The van der Waals surface area contributed by atoms with Gasteiger partial charge in [0.15, 0.2) is 0 Å². The Bertz CT molecular complexity index is 571. The van der Waals surface area contributed by atoms with E-state index in [9.17, 15) is 4.79 Å². The van der Waals surface area contributed by atoms with E-state index in [2.05, 4.69) is 12.0 Å². The predicted octanol–water partition coefficient (Wildman–Crippen LogP) is 2.64. The summed E-state index contributed by atoms with van der Waals surface area (Å²) in [6, 6.07) is 17.7. The molecule has 0 aliphatic rings. The molecule has 20 heavy (non-hydrogen) atoms. The fraction of sp³-hybridized carbons (Fsp3) is 0. The molecule has 0 aromatic heterocycles. The molecule has 0 fully saturated rings. The van der Waals surface area contributed by atoms with Crippen molar-refractivity contribution >= 4 is 17.4 Å². The smallest absolute Gasteiger partial charge is 0.298 e. The average Bonchev–Trinajstić information content (AvgIpc) is 2.53. The minimum absolute atomic E-state index is 0.415. The molecule has 0 radical (unpaired) electrons. The van der Waals surface area contributed by atoms with Gasteiger partial charge in [-0.1, -0.05) is 43.0 Å². The maximum atomic E-state index is 12.5. The summed E-state index contributed by atoms with van der Waals surface area (Å²) in [6.45, 7) is 3.58. The van der Waals surface area contributed by atoms with E-state index in [-0.39, 0.29) is 0 Å². The first-order chi connectivity index (χ1) is 9.74. The van der Waals surface area contributed by atoms with Crippen molar-refractivity contribution in [1.29, 1.82) is 0 Å². The standard InChI is InChI=1S/C15H16N4O/c1-2-17-19(14-11-7-4-8-12-14)15(20)18(16)13-9-5-3-6-10-13/h2-12,17H,1,16H2. The Morgan fingerprint density at radius 1 is 1.00 bits per heavy atom. The van der Waals surface area contributed by atoms with E-state index in [1.165, 1.54) is 11.2 Å². The zero-order valence-corrected chi connectivity index (χ0v) is 10.9. The number of hydrogen-bond acceptors (Lipinski definition) is 3. The van der Waals surface area contributed by atoms with Crippen molar-refractivity contribution in [3.63, 3.8) is 0 Å². The van der Waals surface area contributed by atoms with Gasteiger partial charge in [0, 0.05) is 6.20 Å². The highest BCUT2D eigenvalue weighted by Crippen LogP contribution is 2.16. The second-order valence-electron chi connectivity index (χ2n) is 3.99. The number of para-hydroxylation sites is 2. The van der Waals surface area contributed by atoms with Crippen LogP contribution in [-0.4, -0.2) is 6.03 Å². The lowest BCUT2D eigenvalue weighted by molar-refractivity contribution is 0.250. The lowest BCUT2D eigenvalue weighted by Gasteiger charge is -2.27. The van der Waals surface area contributed by atoms with Gasteiger partial charge in [-0.15, -0.1) is 0 Å². The van der Waals surface area contributed by atoms with E-state index in [1.807, 2.05) is 36.4 Å². The number of nitrogens with one attached hydrogen (secondary N) is 1. The number of amides is 2. The zero-order chi connectivity index (χ0) is 14.4. The van der Waals surface area contributed by atoms with Crippen molar-refractivity contribution in [3.8, 4) is 0 Å². The van der Waals surface area contributed by atoms with Crippen LogP contribution in [0.1, 0.15) is 0 Å². The molecule has 2 aromatic carbocycles. The first-order valence-electron chi connectivity index (χ1n) is 6.10. The molecule has 0 saturated heterocycles. The van der Waals surface area contributed by atoms with Gasteiger partial charge < -0.3 is 0 Å². The van der Waals surface area contributed by atoms with Gasteiger partial charge in [-0.3, -0.25) is 5.43 Å². The number of hydrazine groups is 2. The molecule has 0 spiro atoms. The van der Waals surface area contributed by atoms with Crippen LogP contribution in [0.15, 0.2) is 73.4 Å². The van der Waals surface area contributed by atoms with Gasteiger partial charge in [-0.25, -0.2) is 20.7 Å². The summed E-state index contributed by atoms with van der Waals surface area (Å²) in [7, 11) is 0. The lowest BCUT2D eigenvalue weighted by atomic mass is 10.3. The summed E-state index contributed by atoms with van der Waals surface area (Å²) in [5.74, 6) is 5.87. The highest BCUT2D eigenvalue weighted by atomic mass is 16.2. The van der Waals surface area contributed by atoms with Gasteiger partial charge in [0.2, 0.25) is 0 Å². The Hall–Kier alpha value is -2.79. The molecular formula is C15H16N4O. The van der Waals surface area contributed by atoms with Crippen molar-refractivity contribution in [2.24, 2.45) is 5.84 Å². The van der Waals surface area contributed by atoms with Crippen LogP contribution in [0, 0.1) is 0 Å². The maximum Gasteiger partial charge on any atom is 0.362 e. The quantitative estimate of drug-likeness (QED) is 0.509. The van der Waals surface area contributed by atoms with Crippen molar-refractivity contribution in [2.75, 3.05) is 10.0 Å². The third kappa shape index (κ3) is 2.96. The maximum absolute atomic E-state index is 12.5. The fourth-order valence-electron chi connectivity index (χ4n) is 1.72. The second-order valence-corrected chi connectivity index (χ2v) is 3.99. The van der Waals surface area contributed by atoms with Gasteiger partial charge in [0.05, 0.1) is 11.4 Å². The normalized spacial score (nSPS) is 9.65. The highest BCUT2D eigenvalue weighted by molar-refractivity contribution is 6.02. The Morgan fingerprint density at radius 2 is 1.50 bits per heavy atom. The number of hydrogen-bond donors (Lipinski definition) is 2. The van der Waals surface area contributed by atoms with E-state index >= 15 is 0 Å². The van der Waals surface area contributed by atoms with Gasteiger partial charge in [0.1, 0.15) is 0 Å². The summed E-state index contributed by atoms with van der Waals surface area (Å²) in [4.78, 5) is 12.5. The molecule has 0 heterocycles. The molecule has 2 aromatic rings. The number of benzene rings is 2. The van der Waals surface area contributed by atoms with Crippen LogP contribution in [0.2, 0.25) is 0 Å². The topological polar surface area (TPSA) is 61.6 Å². The predicted molar refractivity (Wildman–Crippen MR) is 80.8 cm³/mol. The minimum Gasteiger partial charge on any atom is -0.298 e. The van der Waals surface area contributed by atoms with Crippen LogP contribution >= 0.6 is 0 Å². The Labute approximate surface area is 117 Å². The summed E-state index contributed by atoms with van der Waals surface area (Å²) in [5.41, 5.74) is 4.05. The molecule has 0 saturated carbocycles. The van der Waals surface area contributed by atoms with Crippen molar-refractivity contribution < 1.29 is 4.79 Å². The zero-order valence-electron chi connectivity index (χ0n) is 10.9. The van der Waals surface area contributed by atoms with E-state index in [4.69, 9.17) is 5.84 Å². The summed E-state index contributed by atoms with van der Waals surface area (Å²) < 4.78 is 0. The van der Waals surface area contributed by atoms with Crippen LogP contribution in [0.3, 0.4) is 0 Å². The number of rotatable bonds is 4. The van der Waals surface area contributed by atoms with Gasteiger partial charge in [0.25, 0.3) is 0 Å². The van der Waals surface area contributed by atoms with Crippen LogP contribution in [-0.2, 0) is 0 Å². The summed E-state index contributed by atoms with van der Waals surface area (Å²) >= 11 is 0. The summed E-state index contributed by atoms with van der Waals surface area (Å²) in [5, 5.41) is 2.39. The first-order valence-corrected chi connectivity index (χ1v) is 6.10. The van der Waals surface area contributed by atoms with Crippen LogP contribution in [0.5, 0.6) is 0 Å². The SMILES string of the molecule is C=CNN(C(=O)N(N)c1ccccc1)c1ccccc1. The van der Waals surface area contributed by atoms with Gasteiger partial charge >= 0.3 is 6.03 Å². The van der Waals surface area contributed by atoms with Crippen LogP contribution in [0.25, 0.3) is 0 Å². The molecule has 5 nitrogen and oxygen atoms in total. The molecule has 2 rings (SSSR count). The lowest BCUT2D eigenvalue weighted by Crippen LogP contribution is -2.51. The van der Waals surface area contributed by atoms with E-state index in [0.29, 0.717) is 11.4 Å². The van der Waals surface area contributed by atoms with Gasteiger partial charge in [-0.05, 0) is 24.3 Å². The van der Waals surface area contributed by atoms with E-state index in [1.54, 1.807) is 24.3 Å². The molecule has 102 valence electrons. The Morgan fingerprint density at radius 3 is 2.00 bits per heavy atom. The molecule has 5 heteroatoms. The van der Waals surface area contributed by atoms with Crippen LogP contribution < -0.4 is 21.3 Å². The Balaban J connectivity index is 2.26. The Kier molecular flexibility index (Phi) is 4.36. The molecule has 0 atom stereocenters. The van der Waals surface area contributed by atoms with E-state index in [0.717, 1.165) is 5.01 Å². The molecule has 0 unspecified atom stereocenters. The average molecular weight is 268 g/mol. The van der Waals surface area contributed by atoms with E-state index < -0.39 is 6.03 Å². The number of urea groups is 1. The number of anilines is 2. The summed E-state index contributed by atoms with van der Waals surface area (Å²) in [6.07, 6.45) is 1.42. The fourth-order valence-corrected chi connectivity index (χ4v) is 1.72. The molecule has 0 bridgehead atoms. The third-order valence-corrected chi connectivity index (χ3v) is 2.67. The van der Waals surface area contributed by atoms with Crippen molar-refractivity contribution in [2.45, 2.75) is 0 Å². The molecular weight excluding hydrogens is 252 g/mol. The minimum atomic E-state index is -0.415. The monoisotopic (exact) mass is 268 g/mol. The molecule has 3 N–H and O–H groups in total. The largest absolute Gasteiger partial charge is 0.362 e. The third-order valence-electron chi connectivity index (χ3n) is 2.67. The number of carbonyl (C=O) groups is 1. The number of carbonyl (C=O) groups excluding carboxylic acids is 1. The van der Waals surface area contributed by atoms with Crippen molar-refractivity contribution in [1.82, 2.24) is 5.43 Å². The first kappa shape index (κ1) is 13.6. The van der Waals surface area contributed by atoms with Crippen molar-refractivity contribution in [3.05, 3.63) is 73.4 Å². The highest BCUT2D eigenvalue weighted by Gasteiger charge is 2.20. The second kappa shape index (κ2) is 6.40. The molecule has 2 amide bonds.